The number of ketones is 2. The monoisotopic (exact) mass is 766 g/mol. The molecule has 2 aromatic heterocycles. The molecule has 0 radical (unpaired) electrons. The molecule has 2 aromatic carbocycles. The molecule has 0 spiro atoms. The highest BCUT2D eigenvalue weighted by atomic mass is 16.5. The highest BCUT2D eigenvalue weighted by Gasteiger charge is 2.63. The molecule has 296 valence electrons. The first-order valence-electron chi connectivity index (χ1n) is 19.0. The molecule has 8 rings (SSSR count). The van der Waals surface area contributed by atoms with E-state index in [4.69, 9.17) is 18.5 Å². The fraction of sp³-hybridized carbons (Fsp3) is 0.442. The van der Waals surface area contributed by atoms with Crippen LogP contribution < -0.4 is 9.47 Å². The van der Waals surface area contributed by atoms with Gasteiger partial charge in [-0.2, -0.15) is 0 Å². The van der Waals surface area contributed by atoms with Crippen molar-refractivity contribution in [3.63, 3.8) is 0 Å². The molecule has 4 aliphatic carbocycles. The van der Waals surface area contributed by atoms with Crippen LogP contribution in [0.2, 0.25) is 0 Å². The number of benzene rings is 2. The van der Waals surface area contributed by atoms with E-state index in [0.717, 1.165) is 11.1 Å². The molecule has 0 saturated carbocycles. The van der Waals surface area contributed by atoms with Gasteiger partial charge in [-0.1, -0.05) is 106 Å². The maximum Gasteiger partial charge on any atom is 0.265 e. The van der Waals surface area contributed by atoms with E-state index in [2.05, 4.69) is 16.4 Å². The predicted octanol–water partition coefficient (Wildman–Crippen LogP) is 5.21. The quantitative estimate of drug-likeness (QED) is 0.200. The van der Waals surface area contributed by atoms with Crippen molar-refractivity contribution in [3.05, 3.63) is 119 Å². The number of carbonyl (C=O) groups is 2. The van der Waals surface area contributed by atoms with E-state index in [1.165, 1.54) is 6.08 Å². The highest BCUT2D eigenvalue weighted by molar-refractivity contribution is 6.08. The van der Waals surface area contributed by atoms with Crippen LogP contribution in [0.3, 0.4) is 0 Å². The Morgan fingerprint density at radius 2 is 1.05 bits per heavy atom. The first-order valence-corrected chi connectivity index (χ1v) is 19.0. The van der Waals surface area contributed by atoms with Crippen molar-refractivity contribution >= 4 is 11.6 Å². The minimum Gasteiger partial charge on any atom is -0.470 e. The van der Waals surface area contributed by atoms with Crippen LogP contribution in [0.15, 0.2) is 94.0 Å². The normalized spacial score (nSPS) is 31.6. The summed E-state index contributed by atoms with van der Waals surface area (Å²) in [5, 5.41) is 41.6. The third-order valence-corrected chi connectivity index (χ3v) is 11.9. The van der Waals surface area contributed by atoms with Crippen LogP contribution in [0.5, 0.6) is 11.8 Å². The molecular formula is C43H50N4O9. The van der Waals surface area contributed by atoms with Gasteiger partial charge in [0, 0.05) is 17.8 Å². The maximum atomic E-state index is 13.5. The van der Waals surface area contributed by atoms with Gasteiger partial charge >= 0.3 is 0 Å². The van der Waals surface area contributed by atoms with Crippen LogP contribution in [0.25, 0.3) is 0 Å². The lowest BCUT2D eigenvalue weighted by Crippen LogP contribution is -2.63. The van der Waals surface area contributed by atoms with Gasteiger partial charge in [-0.15, -0.1) is 0 Å². The first kappa shape index (κ1) is 39.3. The Balaban J connectivity index is 0.000000172. The number of aliphatic hydroxyl groups is 3. The molecule has 0 bridgehead atoms. The van der Waals surface area contributed by atoms with Gasteiger partial charge in [0.15, 0.2) is 17.1 Å². The molecule has 4 aliphatic rings. The molecule has 0 unspecified atom stereocenters. The van der Waals surface area contributed by atoms with E-state index in [0.29, 0.717) is 11.5 Å². The number of aliphatic hydroxyl groups excluding tert-OH is 1. The van der Waals surface area contributed by atoms with Crippen LogP contribution in [0.4, 0.5) is 0 Å². The van der Waals surface area contributed by atoms with E-state index in [-0.39, 0.29) is 71.6 Å². The molecule has 2 heterocycles. The number of hydrogen-bond acceptors (Lipinski definition) is 13. The largest absolute Gasteiger partial charge is 0.470 e. The van der Waals surface area contributed by atoms with Crippen molar-refractivity contribution < 1.29 is 43.4 Å². The highest BCUT2D eigenvalue weighted by Crippen LogP contribution is 2.54. The number of fused-ring (bicyclic) bond motifs is 4. The Hall–Kier alpha value is -4.92. The summed E-state index contributed by atoms with van der Waals surface area (Å²) in [5.74, 6) is -1.28. The Labute approximate surface area is 326 Å². The lowest BCUT2D eigenvalue weighted by molar-refractivity contribution is -0.110. The minimum absolute atomic E-state index is 0.0180. The molecular weight excluding hydrogens is 716 g/mol. The Morgan fingerprint density at radius 3 is 1.50 bits per heavy atom. The number of Topliss-reactive ketones (excluding diaryl/α,β-unsaturated/α-hetero) is 2. The summed E-state index contributed by atoms with van der Waals surface area (Å²) >= 11 is 0. The Morgan fingerprint density at radius 1 is 0.643 bits per heavy atom. The van der Waals surface area contributed by atoms with Crippen molar-refractivity contribution in [3.8, 4) is 11.8 Å². The molecule has 10 atom stereocenters. The average Bonchev–Trinajstić information content (AvgIpc) is 3.81. The second kappa shape index (κ2) is 15.2. The van der Waals surface area contributed by atoms with Gasteiger partial charge in [0.05, 0.1) is 12.1 Å². The van der Waals surface area contributed by atoms with Crippen LogP contribution in [0, 0.1) is 29.6 Å². The van der Waals surface area contributed by atoms with Gasteiger partial charge in [-0.25, -0.2) is 0 Å². The number of ether oxygens (including phenoxy) is 2. The first-order chi connectivity index (χ1) is 26.7. The number of nitrogens with zero attached hydrogens (tertiary/aromatic N) is 4. The third-order valence-electron chi connectivity index (χ3n) is 11.9. The summed E-state index contributed by atoms with van der Waals surface area (Å²) in [4.78, 5) is 30.7. The number of aromatic nitrogens is 2. The zero-order valence-corrected chi connectivity index (χ0v) is 32.7. The molecule has 0 saturated heterocycles. The van der Waals surface area contributed by atoms with E-state index >= 15 is 0 Å². The summed E-state index contributed by atoms with van der Waals surface area (Å²) in [6.45, 7) is 6.29. The van der Waals surface area contributed by atoms with E-state index in [1.807, 2.05) is 132 Å². The van der Waals surface area contributed by atoms with Gasteiger partial charge in [-0.3, -0.25) is 19.4 Å². The standard InChI is InChI=1S/C22H26N2O4.C21H24N2O5/c1-13-10-11-14(2)22(26)17(13)18(24(3)4)19-16(20(22)25)21(23-28-19)27-12-15-8-6-5-7-9-15;1-12-9-10-14(24)21(26)16(12)17(23(2)3)18-15(19(21)25)20(22-28-18)27-11-13-7-5-4-6-8-13/h5-11,13-14,17-18,26H,12H2,1-4H3;4-10,12,14,16-17,24,26H,11H2,1-3H3/t13-,14+,17-,18-,22+;12-,14+,16-,17-,21+/m00/s1. The van der Waals surface area contributed by atoms with Crippen molar-refractivity contribution in [1.82, 2.24) is 20.1 Å². The summed E-state index contributed by atoms with van der Waals surface area (Å²) < 4.78 is 22.8. The molecule has 56 heavy (non-hydrogen) atoms. The molecule has 0 amide bonds. The topological polar surface area (TPSA) is 172 Å². The molecule has 3 N–H and O–H groups in total. The van der Waals surface area contributed by atoms with E-state index in [1.54, 1.807) is 0 Å². The Bertz CT molecular complexity index is 1960. The maximum absolute atomic E-state index is 13.5. The van der Waals surface area contributed by atoms with E-state index in [9.17, 15) is 24.9 Å². The molecule has 4 aromatic rings. The third kappa shape index (κ3) is 6.41. The minimum atomic E-state index is -1.97. The number of hydrogen-bond donors (Lipinski definition) is 3. The molecule has 0 aliphatic heterocycles. The second-order valence-corrected chi connectivity index (χ2v) is 15.9. The van der Waals surface area contributed by atoms with Crippen molar-refractivity contribution in [2.45, 2.75) is 63.4 Å². The lowest BCUT2D eigenvalue weighted by Gasteiger charge is -2.50. The van der Waals surface area contributed by atoms with Gasteiger partial charge in [0.2, 0.25) is 11.6 Å². The smallest absolute Gasteiger partial charge is 0.265 e. The fourth-order valence-corrected chi connectivity index (χ4v) is 9.04. The fourth-order valence-electron chi connectivity index (χ4n) is 9.04. The van der Waals surface area contributed by atoms with Crippen LogP contribution >= 0.6 is 0 Å². The summed E-state index contributed by atoms with van der Waals surface area (Å²) in [6, 6.07) is 18.4. The van der Waals surface area contributed by atoms with Crippen LogP contribution in [-0.4, -0.2) is 92.5 Å². The van der Waals surface area contributed by atoms with Gasteiger partial charge < -0.3 is 33.8 Å². The number of rotatable bonds is 8. The predicted molar refractivity (Wildman–Crippen MR) is 205 cm³/mol. The van der Waals surface area contributed by atoms with Gasteiger partial charge in [0.1, 0.15) is 36.0 Å². The summed E-state index contributed by atoms with van der Waals surface area (Å²) in [6.07, 6.45) is 5.99. The van der Waals surface area contributed by atoms with E-state index < -0.39 is 35.0 Å². The summed E-state index contributed by atoms with van der Waals surface area (Å²) in [5.41, 5.74) is -1.24. The van der Waals surface area contributed by atoms with Crippen LogP contribution in [-0.2, 0) is 13.2 Å². The number of carbonyl (C=O) groups excluding carboxylic acids is 2. The van der Waals surface area contributed by atoms with Crippen molar-refractivity contribution in [2.75, 3.05) is 28.2 Å². The lowest BCUT2D eigenvalue weighted by atomic mass is 9.58. The van der Waals surface area contributed by atoms with Gasteiger partial charge in [-0.05, 0) is 61.5 Å². The Kier molecular flexibility index (Phi) is 10.7. The number of allylic oxidation sites excluding steroid dienone is 2. The zero-order chi connectivity index (χ0) is 40.1. The molecule has 0 fully saturated rings. The van der Waals surface area contributed by atoms with Crippen molar-refractivity contribution in [2.24, 2.45) is 29.6 Å². The van der Waals surface area contributed by atoms with Crippen LogP contribution in [0.1, 0.15) is 76.2 Å². The van der Waals surface area contributed by atoms with Crippen molar-refractivity contribution in [1.29, 1.82) is 0 Å². The summed E-state index contributed by atoms with van der Waals surface area (Å²) in [7, 11) is 7.53. The molecule has 13 nitrogen and oxygen atoms in total. The zero-order valence-electron chi connectivity index (χ0n) is 32.7. The average molecular weight is 767 g/mol. The van der Waals surface area contributed by atoms with Gasteiger partial charge in [0.25, 0.3) is 11.8 Å². The second-order valence-electron chi connectivity index (χ2n) is 15.9. The SMILES string of the molecule is C[C@@H]1C=C[C@H](C)[C@H]2[C@H](N(C)C)c3onc(OCc4ccccc4)c3C(=O)[C@]21O.C[C@H]1C=C[C@@H](O)[C@]2(O)C(=O)c3c(OCc4ccccc4)noc3[C@@H](N(C)C)[C@H]12. The molecule has 13 heteroatoms.